The number of piperazine rings is 2. The molecule has 4 aromatic rings. The van der Waals surface area contributed by atoms with Crippen LogP contribution in [0.5, 0.6) is 0 Å². The van der Waals surface area contributed by atoms with Gasteiger partial charge in [0.05, 0.1) is 17.9 Å². The van der Waals surface area contributed by atoms with Gasteiger partial charge in [0.1, 0.15) is 27.2 Å². The molecule has 0 spiro atoms. The second kappa shape index (κ2) is 18.7. The Morgan fingerprint density at radius 3 is 1.57 bits per heavy atom. The minimum absolute atomic E-state index is 0.0187. The number of aromatic carboxylic acids is 1. The van der Waals surface area contributed by atoms with Crippen LogP contribution in [0.1, 0.15) is 141 Å². The lowest BCUT2D eigenvalue weighted by molar-refractivity contribution is -0.0110. The van der Waals surface area contributed by atoms with Crippen molar-refractivity contribution >= 4 is 58.6 Å². The number of rotatable bonds is 4. The van der Waals surface area contributed by atoms with Crippen molar-refractivity contribution < 1.29 is 33.8 Å². The van der Waals surface area contributed by atoms with Gasteiger partial charge in [0.25, 0.3) is 5.91 Å². The number of carboxylic acids is 1. The maximum absolute atomic E-state index is 13.3. The predicted octanol–water partition coefficient (Wildman–Crippen LogP) is 7.79. The molecule has 336 valence electrons. The molecule has 0 radical (unpaired) electrons. The lowest BCUT2D eigenvalue weighted by Gasteiger charge is -2.46. The third kappa shape index (κ3) is 13.1. The highest BCUT2D eigenvalue weighted by Gasteiger charge is 2.41. The van der Waals surface area contributed by atoms with Crippen LogP contribution < -0.4 is 5.32 Å². The number of carbonyl (C=O) groups is 4. The SMILES string of the molecule is CC(C)c1cc(Cl)nn2cc(C(=O)N3CCN(C(=O)OC(C)(C)C)CC3(C)C)nc12.CC(C)c1cc(Cl)nn2cc(C(=O)O)nc12.CC1(C)CN(C(=O)OC(C)(C)C)CCN1. The Hall–Kier alpha value is -4.74. The molecule has 0 atom stereocenters. The standard InChI is InChI=1S/C21H30ClN5O3.C11H22N2O2.C10H10ClN3O2/c1-13(2)14-10-16(22)24-27-11-15(23-17(14)27)18(28)26-9-8-25(12-21(26,6)7)19(29)30-20(3,4)5;1-10(2,3)15-9(14)13-7-6-12-11(4,5)8-13;1-5(2)6-3-8(11)13-14-4-7(10(15)16)12-9(6)14/h10-11,13H,8-9,12H2,1-7H3;12H,6-8H2,1-5H3;3-5H,1-2H3,(H,15,16). The number of halogens is 2. The largest absolute Gasteiger partial charge is 0.476 e. The zero-order valence-corrected chi connectivity index (χ0v) is 39.4. The Morgan fingerprint density at radius 2 is 1.16 bits per heavy atom. The van der Waals surface area contributed by atoms with Crippen molar-refractivity contribution in [2.45, 2.75) is 131 Å². The molecule has 0 saturated carbocycles. The van der Waals surface area contributed by atoms with Crippen LogP contribution >= 0.6 is 23.2 Å². The maximum atomic E-state index is 13.3. The zero-order chi connectivity index (χ0) is 46.0. The Balaban J connectivity index is 0.000000222. The molecule has 2 saturated heterocycles. The van der Waals surface area contributed by atoms with E-state index in [2.05, 4.69) is 39.3 Å². The average molecular weight is 890 g/mol. The van der Waals surface area contributed by atoms with Gasteiger partial charge in [-0.25, -0.2) is 33.4 Å². The highest BCUT2D eigenvalue weighted by Crippen LogP contribution is 2.27. The highest BCUT2D eigenvalue weighted by molar-refractivity contribution is 6.29. The molecule has 6 heterocycles. The van der Waals surface area contributed by atoms with Gasteiger partial charge in [-0.1, -0.05) is 50.9 Å². The summed E-state index contributed by atoms with van der Waals surface area (Å²) in [6.07, 6.45) is 2.40. The first kappa shape index (κ1) is 48.9. The lowest BCUT2D eigenvalue weighted by Crippen LogP contribution is -2.62. The number of hydrogen-bond donors (Lipinski definition) is 2. The van der Waals surface area contributed by atoms with Crippen LogP contribution in [0.25, 0.3) is 11.3 Å². The molecular formula is C42H62Cl2N10O7. The second-order valence-electron chi connectivity index (χ2n) is 19.1. The van der Waals surface area contributed by atoms with Gasteiger partial charge in [-0.2, -0.15) is 10.2 Å². The van der Waals surface area contributed by atoms with Crippen molar-refractivity contribution in [1.29, 1.82) is 0 Å². The topological polar surface area (TPSA) is 189 Å². The summed E-state index contributed by atoms with van der Waals surface area (Å²) in [4.78, 5) is 62.1. The highest BCUT2D eigenvalue weighted by atomic mass is 35.5. The number of hydrogen-bond acceptors (Lipinski definition) is 11. The number of carbonyl (C=O) groups excluding carboxylic acids is 3. The number of nitrogens with one attached hydrogen (secondary N) is 1. The zero-order valence-electron chi connectivity index (χ0n) is 37.9. The molecule has 0 unspecified atom stereocenters. The van der Waals surface area contributed by atoms with Crippen LogP contribution in [-0.4, -0.2) is 135 Å². The molecular weight excluding hydrogens is 827 g/mol. The molecule has 6 rings (SSSR count). The molecule has 4 aromatic heterocycles. The van der Waals surface area contributed by atoms with Gasteiger partial charge in [-0.3, -0.25) is 4.79 Å². The van der Waals surface area contributed by atoms with Crippen molar-refractivity contribution in [2.75, 3.05) is 39.3 Å². The number of ether oxygens (including phenoxy) is 2. The smallest absolute Gasteiger partial charge is 0.410 e. The van der Waals surface area contributed by atoms with E-state index >= 15 is 0 Å². The van der Waals surface area contributed by atoms with E-state index in [1.165, 1.54) is 10.7 Å². The average Bonchev–Trinajstić information content (AvgIpc) is 3.74. The van der Waals surface area contributed by atoms with Crippen molar-refractivity contribution in [2.24, 2.45) is 0 Å². The summed E-state index contributed by atoms with van der Waals surface area (Å²) < 4.78 is 13.8. The van der Waals surface area contributed by atoms with Gasteiger partial charge in [0.2, 0.25) is 0 Å². The van der Waals surface area contributed by atoms with Crippen LogP contribution in [0.3, 0.4) is 0 Å². The van der Waals surface area contributed by atoms with Crippen LogP contribution in [-0.2, 0) is 9.47 Å². The summed E-state index contributed by atoms with van der Waals surface area (Å²) in [5, 5.41) is 21.1. The summed E-state index contributed by atoms with van der Waals surface area (Å²) in [6, 6.07) is 3.49. The molecule has 2 N–H and O–H groups in total. The van der Waals surface area contributed by atoms with Gasteiger partial charge in [-0.05, 0) is 93.2 Å². The third-order valence-corrected chi connectivity index (χ3v) is 9.92. The van der Waals surface area contributed by atoms with Gasteiger partial charge in [0, 0.05) is 55.9 Å². The monoisotopic (exact) mass is 888 g/mol. The number of aromatic nitrogens is 6. The van der Waals surface area contributed by atoms with E-state index in [1.807, 2.05) is 83.1 Å². The van der Waals surface area contributed by atoms with Crippen molar-refractivity contribution in [3.63, 3.8) is 0 Å². The summed E-state index contributed by atoms with van der Waals surface area (Å²) in [6.45, 7) is 30.7. The van der Waals surface area contributed by atoms with Crippen LogP contribution in [0, 0.1) is 0 Å². The molecule has 2 fully saturated rings. The fraction of sp³-hybridized carbons (Fsp3) is 0.619. The number of nitrogens with zero attached hydrogens (tertiary/aromatic N) is 9. The van der Waals surface area contributed by atoms with Gasteiger partial charge >= 0.3 is 18.2 Å². The molecule has 0 bridgehead atoms. The van der Waals surface area contributed by atoms with Gasteiger partial charge in [-0.15, -0.1) is 0 Å². The molecule has 61 heavy (non-hydrogen) atoms. The first-order chi connectivity index (χ1) is 28.0. The van der Waals surface area contributed by atoms with E-state index in [0.29, 0.717) is 53.5 Å². The molecule has 0 aliphatic carbocycles. The molecule has 17 nitrogen and oxygen atoms in total. The molecule has 0 aromatic carbocycles. The molecule has 19 heteroatoms. The normalized spacial score (nSPS) is 16.5. The van der Waals surface area contributed by atoms with E-state index in [-0.39, 0.29) is 41.2 Å². The first-order valence-electron chi connectivity index (χ1n) is 20.3. The Morgan fingerprint density at radius 1 is 0.721 bits per heavy atom. The van der Waals surface area contributed by atoms with E-state index in [0.717, 1.165) is 24.2 Å². The lowest BCUT2D eigenvalue weighted by atomic mass is 9.98. The van der Waals surface area contributed by atoms with Crippen molar-refractivity contribution in [3.05, 3.63) is 57.3 Å². The van der Waals surface area contributed by atoms with E-state index in [4.69, 9.17) is 37.8 Å². The van der Waals surface area contributed by atoms with E-state index in [9.17, 15) is 19.2 Å². The summed E-state index contributed by atoms with van der Waals surface area (Å²) in [5.41, 5.74) is 1.69. The number of imidazole rings is 2. The van der Waals surface area contributed by atoms with E-state index < -0.39 is 22.7 Å². The molecule has 2 aliphatic heterocycles. The Labute approximate surface area is 368 Å². The van der Waals surface area contributed by atoms with Crippen molar-refractivity contribution in [3.8, 4) is 0 Å². The minimum Gasteiger partial charge on any atom is -0.476 e. The van der Waals surface area contributed by atoms with Gasteiger partial charge < -0.3 is 34.6 Å². The number of carboxylic acid groups (broad SMARTS) is 1. The van der Waals surface area contributed by atoms with Crippen LogP contribution in [0.2, 0.25) is 10.3 Å². The predicted molar refractivity (Wildman–Crippen MR) is 234 cm³/mol. The fourth-order valence-electron chi connectivity index (χ4n) is 6.77. The number of fused-ring (bicyclic) bond motifs is 2. The molecule has 3 amide bonds. The second-order valence-corrected chi connectivity index (χ2v) is 19.9. The third-order valence-electron chi connectivity index (χ3n) is 9.55. The Bertz CT molecular complexity index is 2240. The van der Waals surface area contributed by atoms with Crippen molar-refractivity contribution in [1.82, 2.24) is 49.2 Å². The first-order valence-corrected chi connectivity index (χ1v) is 21.1. The number of amides is 3. The van der Waals surface area contributed by atoms with Crippen LogP contribution in [0.15, 0.2) is 24.5 Å². The summed E-state index contributed by atoms with van der Waals surface area (Å²) >= 11 is 12.0. The van der Waals surface area contributed by atoms with Gasteiger partial charge in [0.15, 0.2) is 17.0 Å². The van der Waals surface area contributed by atoms with E-state index in [1.54, 1.807) is 37.5 Å². The van der Waals surface area contributed by atoms with Crippen LogP contribution in [0.4, 0.5) is 9.59 Å². The fourth-order valence-corrected chi connectivity index (χ4v) is 7.17. The molecule has 2 aliphatic rings. The quantitative estimate of drug-likeness (QED) is 0.203. The Kier molecular flexibility index (Phi) is 15.0. The maximum Gasteiger partial charge on any atom is 0.410 e. The minimum atomic E-state index is -1.07. The summed E-state index contributed by atoms with van der Waals surface area (Å²) in [7, 11) is 0. The summed E-state index contributed by atoms with van der Waals surface area (Å²) in [5.74, 6) is -0.879.